The van der Waals surface area contributed by atoms with Crippen LogP contribution in [0.1, 0.15) is 24.3 Å². The molecule has 17 heavy (non-hydrogen) atoms. The van der Waals surface area contributed by atoms with E-state index in [1.165, 1.54) is 0 Å². The summed E-state index contributed by atoms with van der Waals surface area (Å²) in [5.41, 5.74) is 1.15. The van der Waals surface area contributed by atoms with Crippen LogP contribution in [0.2, 0.25) is 0 Å². The topological polar surface area (TPSA) is 47.6 Å². The SMILES string of the molecule is COc1cc(OC)cc(C2CCC(=O)NC2)c1. The predicted molar refractivity (Wildman–Crippen MR) is 64.5 cm³/mol. The van der Waals surface area contributed by atoms with Gasteiger partial charge >= 0.3 is 0 Å². The molecule has 1 unspecified atom stereocenters. The number of hydrogen-bond acceptors (Lipinski definition) is 3. The molecule has 1 amide bonds. The van der Waals surface area contributed by atoms with Gasteiger partial charge in [-0.15, -0.1) is 0 Å². The largest absolute Gasteiger partial charge is 0.497 e. The fourth-order valence-electron chi connectivity index (χ4n) is 2.08. The second-order valence-corrected chi connectivity index (χ2v) is 4.19. The fraction of sp³-hybridized carbons (Fsp3) is 0.462. The molecule has 0 saturated carbocycles. The van der Waals surface area contributed by atoms with Crippen LogP contribution in [0.3, 0.4) is 0 Å². The van der Waals surface area contributed by atoms with Crippen LogP contribution in [-0.2, 0) is 4.79 Å². The van der Waals surface area contributed by atoms with Crippen molar-refractivity contribution in [3.05, 3.63) is 23.8 Å². The van der Waals surface area contributed by atoms with Crippen LogP contribution in [-0.4, -0.2) is 26.7 Å². The molecule has 1 fully saturated rings. The summed E-state index contributed by atoms with van der Waals surface area (Å²) in [6, 6.07) is 5.86. The highest BCUT2D eigenvalue weighted by molar-refractivity contribution is 5.76. The lowest BCUT2D eigenvalue weighted by atomic mass is 9.91. The number of nitrogens with one attached hydrogen (secondary N) is 1. The highest BCUT2D eigenvalue weighted by Crippen LogP contribution is 2.30. The highest BCUT2D eigenvalue weighted by atomic mass is 16.5. The van der Waals surface area contributed by atoms with Crippen molar-refractivity contribution < 1.29 is 14.3 Å². The summed E-state index contributed by atoms with van der Waals surface area (Å²) in [6.07, 6.45) is 1.46. The van der Waals surface area contributed by atoms with Crippen LogP contribution in [0, 0.1) is 0 Å². The lowest BCUT2D eigenvalue weighted by Gasteiger charge is -2.23. The molecule has 1 N–H and O–H groups in total. The third-order valence-corrected chi connectivity index (χ3v) is 3.11. The van der Waals surface area contributed by atoms with Gasteiger partial charge in [-0.3, -0.25) is 4.79 Å². The van der Waals surface area contributed by atoms with Gasteiger partial charge in [-0.2, -0.15) is 0 Å². The third-order valence-electron chi connectivity index (χ3n) is 3.11. The summed E-state index contributed by atoms with van der Waals surface area (Å²) in [7, 11) is 3.28. The number of amides is 1. The fourth-order valence-corrected chi connectivity index (χ4v) is 2.08. The van der Waals surface area contributed by atoms with Crippen molar-refractivity contribution in [2.75, 3.05) is 20.8 Å². The number of carbonyl (C=O) groups excluding carboxylic acids is 1. The van der Waals surface area contributed by atoms with Crippen molar-refractivity contribution >= 4 is 5.91 Å². The Morgan fingerprint density at radius 3 is 2.29 bits per heavy atom. The number of piperidine rings is 1. The molecule has 1 heterocycles. The van der Waals surface area contributed by atoms with Crippen LogP contribution in [0.5, 0.6) is 11.5 Å². The monoisotopic (exact) mass is 235 g/mol. The normalized spacial score (nSPS) is 19.6. The number of methoxy groups -OCH3 is 2. The Bertz CT molecular complexity index is 385. The van der Waals surface area contributed by atoms with Gasteiger partial charge in [-0.25, -0.2) is 0 Å². The van der Waals surface area contributed by atoms with Crippen LogP contribution in [0.25, 0.3) is 0 Å². The number of rotatable bonds is 3. The minimum Gasteiger partial charge on any atom is -0.497 e. The van der Waals surface area contributed by atoms with Gasteiger partial charge in [0.1, 0.15) is 11.5 Å². The maximum Gasteiger partial charge on any atom is 0.220 e. The Morgan fingerprint density at radius 2 is 1.82 bits per heavy atom. The Balaban J connectivity index is 2.22. The van der Waals surface area contributed by atoms with Crippen molar-refractivity contribution in [3.8, 4) is 11.5 Å². The molecule has 2 rings (SSSR count). The zero-order chi connectivity index (χ0) is 12.3. The Morgan fingerprint density at radius 1 is 1.18 bits per heavy atom. The minimum atomic E-state index is 0.135. The molecule has 1 aromatic carbocycles. The quantitative estimate of drug-likeness (QED) is 0.867. The molecule has 4 heteroatoms. The van der Waals surface area contributed by atoms with E-state index in [1.807, 2.05) is 18.2 Å². The van der Waals surface area contributed by atoms with Gasteiger partial charge in [0.2, 0.25) is 5.91 Å². The standard InChI is InChI=1S/C13H17NO3/c1-16-11-5-10(6-12(7-11)17-2)9-3-4-13(15)14-8-9/h5-7,9H,3-4,8H2,1-2H3,(H,14,15). The van der Waals surface area contributed by atoms with E-state index in [4.69, 9.17) is 9.47 Å². The van der Waals surface area contributed by atoms with E-state index in [0.717, 1.165) is 23.5 Å². The Hall–Kier alpha value is -1.71. The smallest absolute Gasteiger partial charge is 0.220 e. The van der Waals surface area contributed by atoms with E-state index in [0.29, 0.717) is 18.9 Å². The number of ether oxygens (including phenoxy) is 2. The van der Waals surface area contributed by atoms with E-state index >= 15 is 0 Å². The summed E-state index contributed by atoms with van der Waals surface area (Å²) in [5, 5.41) is 2.88. The van der Waals surface area contributed by atoms with Crippen molar-refractivity contribution in [1.82, 2.24) is 5.32 Å². The van der Waals surface area contributed by atoms with Gasteiger partial charge in [-0.1, -0.05) is 0 Å². The van der Waals surface area contributed by atoms with E-state index in [2.05, 4.69) is 5.32 Å². The number of carbonyl (C=O) groups is 1. The summed E-state index contributed by atoms with van der Waals surface area (Å²) >= 11 is 0. The average Bonchev–Trinajstić information content (AvgIpc) is 2.39. The van der Waals surface area contributed by atoms with Crippen molar-refractivity contribution in [2.45, 2.75) is 18.8 Å². The summed E-state index contributed by atoms with van der Waals surface area (Å²) in [4.78, 5) is 11.1. The van der Waals surface area contributed by atoms with Gasteiger partial charge in [-0.05, 0) is 24.1 Å². The number of hydrogen-bond donors (Lipinski definition) is 1. The third kappa shape index (κ3) is 2.70. The second-order valence-electron chi connectivity index (χ2n) is 4.19. The zero-order valence-corrected chi connectivity index (χ0v) is 10.2. The molecule has 1 aliphatic heterocycles. The maximum atomic E-state index is 11.1. The first-order chi connectivity index (χ1) is 8.22. The lowest BCUT2D eigenvalue weighted by molar-refractivity contribution is -0.122. The molecule has 0 aromatic heterocycles. The first-order valence-corrected chi connectivity index (χ1v) is 5.72. The lowest BCUT2D eigenvalue weighted by Crippen LogP contribution is -2.33. The van der Waals surface area contributed by atoms with Crippen LogP contribution in [0.15, 0.2) is 18.2 Å². The van der Waals surface area contributed by atoms with Crippen molar-refractivity contribution in [3.63, 3.8) is 0 Å². The van der Waals surface area contributed by atoms with E-state index in [9.17, 15) is 4.79 Å². The molecule has 1 aromatic rings. The summed E-state index contributed by atoms with van der Waals surface area (Å²) in [6.45, 7) is 0.690. The van der Waals surface area contributed by atoms with Crippen LogP contribution in [0.4, 0.5) is 0 Å². The maximum absolute atomic E-state index is 11.1. The van der Waals surface area contributed by atoms with Gasteiger partial charge in [0.15, 0.2) is 0 Å². The van der Waals surface area contributed by atoms with Crippen LogP contribution < -0.4 is 14.8 Å². The molecule has 1 aliphatic rings. The van der Waals surface area contributed by atoms with Crippen molar-refractivity contribution in [2.24, 2.45) is 0 Å². The highest BCUT2D eigenvalue weighted by Gasteiger charge is 2.20. The van der Waals surface area contributed by atoms with Gasteiger partial charge in [0.05, 0.1) is 14.2 Å². The predicted octanol–water partition coefficient (Wildman–Crippen LogP) is 1.70. The summed E-state index contributed by atoms with van der Waals surface area (Å²) in [5.74, 6) is 2.06. The molecule has 0 spiro atoms. The molecule has 0 bridgehead atoms. The Kier molecular flexibility index (Phi) is 3.52. The summed E-state index contributed by atoms with van der Waals surface area (Å²) < 4.78 is 10.5. The molecule has 92 valence electrons. The second kappa shape index (κ2) is 5.08. The molecule has 4 nitrogen and oxygen atoms in total. The molecule has 0 aliphatic carbocycles. The minimum absolute atomic E-state index is 0.135. The molecular formula is C13H17NO3. The van der Waals surface area contributed by atoms with Gasteiger partial charge in [0.25, 0.3) is 0 Å². The average molecular weight is 235 g/mol. The molecule has 0 radical (unpaired) electrons. The molecule has 1 atom stereocenters. The van der Waals surface area contributed by atoms with Gasteiger partial charge < -0.3 is 14.8 Å². The van der Waals surface area contributed by atoms with E-state index in [1.54, 1.807) is 14.2 Å². The first kappa shape index (κ1) is 11.8. The zero-order valence-electron chi connectivity index (χ0n) is 10.2. The molecule has 1 saturated heterocycles. The van der Waals surface area contributed by atoms with E-state index < -0.39 is 0 Å². The number of benzene rings is 1. The van der Waals surface area contributed by atoms with Crippen LogP contribution >= 0.6 is 0 Å². The van der Waals surface area contributed by atoms with E-state index in [-0.39, 0.29) is 5.91 Å². The Labute approximate surface area is 101 Å². The van der Waals surface area contributed by atoms with Gasteiger partial charge in [0, 0.05) is 24.9 Å². The first-order valence-electron chi connectivity index (χ1n) is 5.72. The van der Waals surface area contributed by atoms with Crippen molar-refractivity contribution in [1.29, 1.82) is 0 Å². The molecular weight excluding hydrogens is 218 g/mol.